The Morgan fingerprint density at radius 1 is 1.05 bits per heavy atom. The van der Waals surface area contributed by atoms with Gasteiger partial charge in [-0.1, -0.05) is 0 Å². The van der Waals surface area contributed by atoms with Crippen molar-refractivity contribution < 1.29 is 9.59 Å². The van der Waals surface area contributed by atoms with Crippen LogP contribution in [0.15, 0.2) is 23.1 Å². The SMILES string of the molecule is CC(=O)N1CCCN(C(=O)c2ccc3c(c2)CCCS3)CC1. The van der Waals surface area contributed by atoms with Gasteiger partial charge in [-0.15, -0.1) is 11.8 Å². The van der Waals surface area contributed by atoms with E-state index < -0.39 is 0 Å². The van der Waals surface area contributed by atoms with Crippen LogP contribution < -0.4 is 0 Å². The summed E-state index contributed by atoms with van der Waals surface area (Å²) in [6.45, 7) is 4.35. The number of nitrogens with zero attached hydrogens (tertiary/aromatic N) is 2. The molecule has 0 N–H and O–H groups in total. The minimum Gasteiger partial charge on any atom is -0.341 e. The molecule has 0 radical (unpaired) electrons. The molecule has 1 saturated heterocycles. The van der Waals surface area contributed by atoms with Gasteiger partial charge in [-0.3, -0.25) is 9.59 Å². The van der Waals surface area contributed by atoms with E-state index in [1.54, 1.807) is 6.92 Å². The number of carbonyl (C=O) groups is 2. The van der Waals surface area contributed by atoms with Gasteiger partial charge in [0.2, 0.25) is 5.91 Å². The summed E-state index contributed by atoms with van der Waals surface area (Å²) in [7, 11) is 0. The van der Waals surface area contributed by atoms with E-state index in [9.17, 15) is 9.59 Å². The van der Waals surface area contributed by atoms with Gasteiger partial charge < -0.3 is 9.80 Å². The van der Waals surface area contributed by atoms with Gasteiger partial charge in [-0.2, -0.15) is 0 Å². The lowest BCUT2D eigenvalue weighted by molar-refractivity contribution is -0.128. The Balaban J connectivity index is 1.72. The first kappa shape index (κ1) is 15.4. The quantitative estimate of drug-likeness (QED) is 0.798. The maximum atomic E-state index is 12.7. The van der Waals surface area contributed by atoms with Crippen molar-refractivity contribution in [1.82, 2.24) is 9.80 Å². The Morgan fingerprint density at radius 3 is 2.64 bits per heavy atom. The first-order valence-corrected chi connectivity index (χ1v) is 8.94. The summed E-state index contributed by atoms with van der Waals surface area (Å²) in [5.74, 6) is 1.37. The fourth-order valence-corrected chi connectivity index (χ4v) is 4.13. The fourth-order valence-electron chi connectivity index (χ4n) is 3.11. The molecule has 5 heteroatoms. The molecule has 3 rings (SSSR count). The molecule has 4 nitrogen and oxygen atoms in total. The van der Waals surface area contributed by atoms with Crippen molar-refractivity contribution in [3.05, 3.63) is 29.3 Å². The van der Waals surface area contributed by atoms with E-state index in [2.05, 4.69) is 12.1 Å². The zero-order valence-electron chi connectivity index (χ0n) is 13.0. The van der Waals surface area contributed by atoms with Crippen LogP contribution in [0.5, 0.6) is 0 Å². The van der Waals surface area contributed by atoms with Crippen molar-refractivity contribution in [2.75, 3.05) is 31.9 Å². The zero-order chi connectivity index (χ0) is 15.5. The highest BCUT2D eigenvalue weighted by molar-refractivity contribution is 7.99. The second-order valence-corrected chi connectivity index (χ2v) is 7.06. The predicted molar refractivity (Wildman–Crippen MR) is 88.3 cm³/mol. The number of amides is 2. The standard InChI is InChI=1S/C17H22N2O2S/c1-13(20)18-7-3-8-19(10-9-18)17(21)15-5-6-16-14(12-15)4-2-11-22-16/h5-6,12H,2-4,7-11H2,1H3. The van der Waals surface area contributed by atoms with Gasteiger partial charge in [-0.25, -0.2) is 0 Å². The Hall–Kier alpha value is -1.49. The molecule has 2 heterocycles. The smallest absolute Gasteiger partial charge is 0.253 e. The highest BCUT2D eigenvalue weighted by Crippen LogP contribution is 2.30. The van der Waals surface area contributed by atoms with E-state index in [1.165, 1.54) is 22.6 Å². The van der Waals surface area contributed by atoms with E-state index in [0.29, 0.717) is 13.1 Å². The predicted octanol–water partition coefficient (Wildman–Crippen LogP) is 2.42. The molecule has 1 aromatic rings. The van der Waals surface area contributed by atoms with Crippen molar-refractivity contribution in [3.63, 3.8) is 0 Å². The minimum absolute atomic E-state index is 0.0973. The highest BCUT2D eigenvalue weighted by atomic mass is 32.2. The van der Waals surface area contributed by atoms with Gasteiger partial charge in [0.25, 0.3) is 5.91 Å². The number of thioether (sulfide) groups is 1. The maximum absolute atomic E-state index is 12.7. The van der Waals surface area contributed by atoms with Gasteiger partial charge in [0.1, 0.15) is 0 Å². The molecule has 0 unspecified atom stereocenters. The lowest BCUT2D eigenvalue weighted by Gasteiger charge is -2.22. The van der Waals surface area contributed by atoms with Crippen LogP contribution in [0.4, 0.5) is 0 Å². The first-order valence-electron chi connectivity index (χ1n) is 7.95. The molecule has 118 valence electrons. The Labute approximate surface area is 135 Å². The molecule has 0 spiro atoms. The number of carbonyl (C=O) groups excluding carboxylic acids is 2. The summed E-state index contributed by atoms with van der Waals surface area (Å²) in [6.07, 6.45) is 3.11. The molecule has 1 aromatic carbocycles. The van der Waals surface area contributed by atoms with Crippen LogP contribution in [-0.4, -0.2) is 53.5 Å². The molecule has 0 aromatic heterocycles. The van der Waals surface area contributed by atoms with Crippen LogP contribution in [0.2, 0.25) is 0 Å². The first-order chi connectivity index (χ1) is 10.6. The summed E-state index contributed by atoms with van der Waals surface area (Å²) in [4.78, 5) is 29.2. The summed E-state index contributed by atoms with van der Waals surface area (Å²) in [5, 5.41) is 0. The third-order valence-electron chi connectivity index (χ3n) is 4.38. The van der Waals surface area contributed by atoms with Crippen LogP contribution in [0.1, 0.15) is 35.7 Å². The van der Waals surface area contributed by atoms with Gasteiger partial charge >= 0.3 is 0 Å². The van der Waals surface area contributed by atoms with Crippen LogP contribution in [0.25, 0.3) is 0 Å². The average molecular weight is 318 g/mol. The van der Waals surface area contributed by atoms with E-state index in [0.717, 1.165) is 31.5 Å². The Morgan fingerprint density at radius 2 is 1.82 bits per heavy atom. The monoisotopic (exact) mass is 318 g/mol. The summed E-state index contributed by atoms with van der Waals surface area (Å²) in [6, 6.07) is 6.11. The molecule has 1 fully saturated rings. The van der Waals surface area contributed by atoms with E-state index in [-0.39, 0.29) is 11.8 Å². The molecule has 2 amide bonds. The lowest BCUT2D eigenvalue weighted by Crippen LogP contribution is -2.36. The number of hydrogen-bond donors (Lipinski definition) is 0. The second kappa shape index (κ2) is 6.73. The number of fused-ring (bicyclic) bond motifs is 1. The fraction of sp³-hybridized carbons (Fsp3) is 0.529. The third-order valence-corrected chi connectivity index (χ3v) is 5.59. The topological polar surface area (TPSA) is 40.6 Å². The summed E-state index contributed by atoms with van der Waals surface area (Å²) in [5.41, 5.74) is 2.10. The summed E-state index contributed by atoms with van der Waals surface area (Å²) < 4.78 is 0. The van der Waals surface area contributed by atoms with Gasteiger partial charge in [0.05, 0.1) is 0 Å². The number of aryl methyl sites for hydroxylation is 1. The Bertz CT molecular complexity index is 588. The largest absolute Gasteiger partial charge is 0.341 e. The normalized spacial score (nSPS) is 18.6. The van der Waals surface area contributed by atoms with Crippen LogP contribution >= 0.6 is 11.8 Å². The van der Waals surface area contributed by atoms with Crippen LogP contribution in [0.3, 0.4) is 0 Å². The lowest BCUT2D eigenvalue weighted by atomic mass is 10.1. The highest BCUT2D eigenvalue weighted by Gasteiger charge is 2.22. The molecule has 0 saturated carbocycles. The van der Waals surface area contributed by atoms with Crippen molar-refractivity contribution in [3.8, 4) is 0 Å². The van der Waals surface area contributed by atoms with E-state index in [1.807, 2.05) is 27.6 Å². The van der Waals surface area contributed by atoms with E-state index in [4.69, 9.17) is 0 Å². The summed E-state index contributed by atoms with van der Waals surface area (Å²) >= 11 is 1.88. The molecule has 22 heavy (non-hydrogen) atoms. The number of benzene rings is 1. The molecule has 2 aliphatic heterocycles. The third kappa shape index (κ3) is 3.29. The van der Waals surface area contributed by atoms with Gasteiger partial charge in [0, 0.05) is 43.6 Å². The molecular weight excluding hydrogens is 296 g/mol. The average Bonchev–Trinajstić information content (AvgIpc) is 2.80. The molecular formula is C17H22N2O2S. The minimum atomic E-state index is 0.0973. The molecule has 2 aliphatic rings. The van der Waals surface area contributed by atoms with Crippen molar-refractivity contribution in [1.29, 1.82) is 0 Å². The van der Waals surface area contributed by atoms with Crippen molar-refractivity contribution in [2.45, 2.75) is 31.1 Å². The van der Waals surface area contributed by atoms with Gasteiger partial charge in [0.15, 0.2) is 0 Å². The van der Waals surface area contributed by atoms with Gasteiger partial charge in [-0.05, 0) is 48.8 Å². The van der Waals surface area contributed by atoms with Crippen molar-refractivity contribution >= 4 is 23.6 Å². The second-order valence-electron chi connectivity index (χ2n) is 5.93. The molecule has 0 atom stereocenters. The zero-order valence-corrected chi connectivity index (χ0v) is 13.8. The van der Waals surface area contributed by atoms with Crippen molar-refractivity contribution in [2.24, 2.45) is 0 Å². The molecule has 0 bridgehead atoms. The van der Waals surface area contributed by atoms with Crippen LogP contribution in [-0.2, 0) is 11.2 Å². The maximum Gasteiger partial charge on any atom is 0.253 e. The van der Waals surface area contributed by atoms with Crippen LogP contribution in [0, 0.1) is 0 Å². The Kier molecular flexibility index (Phi) is 4.71. The number of rotatable bonds is 1. The molecule has 0 aliphatic carbocycles. The van der Waals surface area contributed by atoms with E-state index >= 15 is 0 Å². The number of hydrogen-bond acceptors (Lipinski definition) is 3.